The van der Waals surface area contributed by atoms with Gasteiger partial charge in [0.15, 0.2) is 11.6 Å². The first-order valence-corrected chi connectivity index (χ1v) is 7.71. The summed E-state index contributed by atoms with van der Waals surface area (Å²) in [7, 11) is 0. The maximum absolute atomic E-state index is 13.5. The van der Waals surface area contributed by atoms with Gasteiger partial charge in [-0.2, -0.15) is 5.10 Å². The number of hydrogen-bond donors (Lipinski definition) is 1. The van der Waals surface area contributed by atoms with Crippen molar-refractivity contribution in [2.75, 3.05) is 6.54 Å². The number of aromatic nitrogens is 3. The van der Waals surface area contributed by atoms with Crippen LogP contribution in [0.25, 0.3) is 0 Å². The van der Waals surface area contributed by atoms with Gasteiger partial charge in [0.05, 0.1) is 12.6 Å². The monoisotopic (exact) mass is 322 g/mol. The maximum Gasteiger partial charge on any atom is 0.159 e. The highest BCUT2D eigenvalue weighted by molar-refractivity contribution is 5.23. The molecule has 5 nitrogen and oxygen atoms in total. The van der Waals surface area contributed by atoms with Crippen LogP contribution >= 0.6 is 0 Å². The Morgan fingerprint density at radius 1 is 1.30 bits per heavy atom. The number of β-amino-alcohol motifs (C(OH)–C–C–N with tert-alkyl or cyclic N) is 1. The standard InChI is InChI=1S/C16H20F2N4O/c1-10(2)22-16(19-9-20-22)8-21-7-12(23)6-15(21)11-3-4-13(17)14(18)5-11/h3-5,9-10,12,15,23H,6-8H2,1-2H3. The summed E-state index contributed by atoms with van der Waals surface area (Å²) >= 11 is 0. The van der Waals surface area contributed by atoms with Crippen LogP contribution in [0.4, 0.5) is 8.78 Å². The Bertz CT molecular complexity index is 688. The van der Waals surface area contributed by atoms with E-state index in [4.69, 9.17) is 0 Å². The van der Waals surface area contributed by atoms with E-state index in [9.17, 15) is 13.9 Å². The van der Waals surface area contributed by atoms with Crippen LogP contribution in [-0.4, -0.2) is 37.4 Å². The fourth-order valence-electron chi connectivity index (χ4n) is 3.12. The molecule has 2 aromatic rings. The highest BCUT2D eigenvalue weighted by atomic mass is 19.2. The molecule has 0 bridgehead atoms. The van der Waals surface area contributed by atoms with Gasteiger partial charge in [-0.1, -0.05) is 6.07 Å². The van der Waals surface area contributed by atoms with E-state index in [1.807, 2.05) is 23.4 Å². The van der Waals surface area contributed by atoms with E-state index in [0.29, 0.717) is 25.1 Å². The fourth-order valence-corrected chi connectivity index (χ4v) is 3.12. The van der Waals surface area contributed by atoms with E-state index in [1.165, 1.54) is 12.4 Å². The van der Waals surface area contributed by atoms with Crippen molar-refractivity contribution in [1.82, 2.24) is 19.7 Å². The van der Waals surface area contributed by atoms with Crippen LogP contribution in [0.2, 0.25) is 0 Å². The lowest BCUT2D eigenvalue weighted by atomic mass is 10.0. The Balaban J connectivity index is 1.85. The molecule has 1 fully saturated rings. The van der Waals surface area contributed by atoms with Crippen molar-refractivity contribution in [2.24, 2.45) is 0 Å². The summed E-state index contributed by atoms with van der Waals surface area (Å²) in [4.78, 5) is 6.31. The first-order chi connectivity index (χ1) is 11.0. The molecule has 1 aromatic carbocycles. The molecule has 2 unspecified atom stereocenters. The van der Waals surface area contributed by atoms with Crippen LogP contribution in [-0.2, 0) is 6.54 Å². The van der Waals surface area contributed by atoms with Gasteiger partial charge in [-0.25, -0.2) is 18.4 Å². The molecule has 0 saturated carbocycles. The summed E-state index contributed by atoms with van der Waals surface area (Å²) in [5.74, 6) is -0.936. The molecule has 7 heteroatoms. The zero-order valence-electron chi connectivity index (χ0n) is 13.2. The number of rotatable bonds is 4. The molecule has 3 rings (SSSR count). The first kappa shape index (κ1) is 16.0. The van der Waals surface area contributed by atoms with E-state index in [2.05, 4.69) is 10.1 Å². The zero-order chi connectivity index (χ0) is 16.6. The molecule has 1 saturated heterocycles. The molecule has 23 heavy (non-hydrogen) atoms. The second kappa shape index (κ2) is 6.33. The number of benzene rings is 1. The molecular weight excluding hydrogens is 302 g/mol. The van der Waals surface area contributed by atoms with Gasteiger partial charge in [-0.05, 0) is 38.0 Å². The Hall–Kier alpha value is -1.86. The summed E-state index contributed by atoms with van der Waals surface area (Å²) in [6.07, 6.45) is 1.50. The summed E-state index contributed by atoms with van der Waals surface area (Å²) in [5.41, 5.74) is 0.663. The number of nitrogens with zero attached hydrogens (tertiary/aromatic N) is 4. The molecule has 0 radical (unpaired) electrons. The van der Waals surface area contributed by atoms with Crippen LogP contribution in [0.15, 0.2) is 24.5 Å². The Morgan fingerprint density at radius 2 is 2.09 bits per heavy atom. The molecule has 1 N–H and O–H groups in total. The van der Waals surface area contributed by atoms with E-state index >= 15 is 0 Å². The largest absolute Gasteiger partial charge is 0.392 e. The Labute approximate surface area is 133 Å². The second-order valence-electron chi connectivity index (χ2n) is 6.22. The van der Waals surface area contributed by atoms with Crippen LogP contribution in [0, 0.1) is 11.6 Å². The average Bonchev–Trinajstić information content (AvgIpc) is 3.09. The van der Waals surface area contributed by atoms with Gasteiger partial charge in [0.2, 0.25) is 0 Å². The maximum atomic E-state index is 13.5. The Morgan fingerprint density at radius 3 is 2.78 bits per heavy atom. The third kappa shape index (κ3) is 3.25. The van der Waals surface area contributed by atoms with Crippen molar-refractivity contribution in [3.05, 3.63) is 47.5 Å². The quantitative estimate of drug-likeness (QED) is 0.939. The van der Waals surface area contributed by atoms with Gasteiger partial charge in [0.25, 0.3) is 0 Å². The number of aliphatic hydroxyl groups excluding tert-OH is 1. The van der Waals surface area contributed by atoms with Gasteiger partial charge in [-0.3, -0.25) is 4.90 Å². The minimum absolute atomic E-state index is 0.169. The minimum atomic E-state index is -0.866. The third-order valence-corrected chi connectivity index (χ3v) is 4.19. The molecular formula is C16H20F2N4O. The van der Waals surface area contributed by atoms with Crippen molar-refractivity contribution >= 4 is 0 Å². The molecule has 2 heterocycles. The van der Waals surface area contributed by atoms with Gasteiger partial charge in [0, 0.05) is 18.6 Å². The molecule has 0 amide bonds. The lowest BCUT2D eigenvalue weighted by molar-refractivity contribution is 0.170. The van der Waals surface area contributed by atoms with Crippen molar-refractivity contribution in [3.63, 3.8) is 0 Å². The molecule has 1 aromatic heterocycles. The van der Waals surface area contributed by atoms with Crippen molar-refractivity contribution in [3.8, 4) is 0 Å². The number of halogens is 2. The van der Waals surface area contributed by atoms with Crippen LogP contribution in [0.1, 0.15) is 43.7 Å². The molecule has 0 aliphatic carbocycles. The fraction of sp³-hybridized carbons (Fsp3) is 0.500. The molecule has 2 atom stereocenters. The smallest absolute Gasteiger partial charge is 0.159 e. The number of likely N-dealkylation sites (tertiary alicyclic amines) is 1. The zero-order valence-corrected chi connectivity index (χ0v) is 13.2. The van der Waals surface area contributed by atoms with Gasteiger partial charge >= 0.3 is 0 Å². The summed E-state index contributed by atoms with van der Waals surface area (Å²) < 4.78 is 28.5. The van der Waals surface area contributed by atoms with Crippen LogP contribution in [0.3, 0.4) is 0 Å². The SMILES string of the molecule is CC(C)n1ncnc1CN1CC(O)CC1c1ccc(F)c(F)c1. The first-order valence-electron chi connectivity index (χ1n) is 7.71. The average molecular weight is 322 g/mol. The summed E-state index contributed by atoms with van der Waals surface area (Å²) in [6.45, 7) is 5.00. The van der Waals surface area contributed by atoms with E-state index in [1.54, 1.807) is 6.07 Å². The summed E-state index contributed by atoms with van der Waals surface area (Å²) in [6, 6.07) is 3.92. The molecule has 1 aliphatic heterocycles. The molecule has 1 aliphatic rings. The second-order valence-corrected chi connectivity index (χ2v) is 6.22. The topological polar surface area (TPSA) is 54.2 Å². The highest BCUT2D eigenvalue weighted by Gasteiger charge is 2.33. The van der Waals surface area contributed by atoms with Crippen molar-refractivity contribution in [1.29, 1.82) is 0 Å². The lowest BCUT2D eigenvalue weighted by Crippen LogP contribution is -2.26. The third-order valence-electron chi connectivity index (χ3n) is 4.19. The summed E-state index contributed by atoms with van der Waals surface area (Å²) in [5, 5.41) is 14.2. The Kier molecular flexibility index (Phi) is 4.41. The van der Waals surface area contributed by atoms with Gasteiger partial charge in [0.1, 0.15) is 12.2 Å². The van der Waals surface area contributed by atoms with Crippen molar-refractivity contribution in [2.45, 2.75) is 45.0 Å². The number of hydrogen-bond acceptors (Lipinski definition) is 4. The van der Waals surface area contributed by atoms with E-state index in [0.717, 1.165) is 11.9 Å². The molecule has 124 valence electrons. The normalized spacial score (nSPS) is 22.2. The van der Waals surface area contributed by atoms with Crippen molar-refractivity contribution < 1.29 is 13.9 Å². The van der Waals surface area contributed by atoms with Crippen LogP contribution < -0.4 is 0 Å². The van der Waals surface area contributed by atoms with E-state index < -0.39 is 17.7 Å². The molecule has 0 spiro atoms. The number of aliphatic hydroxyl groups is 1. The minimum Gasteiger partial charge on any atom is -0.392 e. The highest BCUT2D eigenvalue weighted by Crippen LogP contribution is 2.34. The van der Waals surface area contributed by atoms with Gasteiger partial charge in [-0.15, -0.1) is 0 Å². The van der Waals surface area contributed by atoms with E-state index in [-0.39, 0.29) is 12.1 Å². The predicted molar refractivity (Wildman–Crippen MR) is 80.5 cm³/mol. The van der Waals surface area contributed by atoms with Crippen LogP contribution in [0.5, 0.6) is 0 Å². The predicted octanol–water partition coefficient (Wildman–Crippen LogP) is 2.45. The van der Waals surface area contributed by atoms with Gasteiger partial charge < -0.3 is 5.11 Å². The lowest BCUT2D eigenvalue weighted by Gasteiger charge is -2.24.